The van der Waals surface area contributed by atoms with Crippen LogP contribution in [0, 0.1) is 0 Å². The van der Waals surface area contributed by atoms with Crippen molar-refractivity contribution in [3.8, 4) is 5.75 Å². The number of aliphatic carboxylic acids is 1. The number of hydrogen-bond acceptors (Lipinski definition) is 4. The smallest absolute Gasteiger partial charge is 0.325 e. The molecule has 0 aromatic carbocycles. The number of carboxylic acids is 1. The minimum absolute atomic E-state index is 0.238. The van der Waals surface area contributed by atoms with Gasteiger partial charge in [-0.05, 0) is 14.0 Å². The van der Waals surface area contributed by atoms with Crippen molar-refractivity contribution in [1.82, 2.24) is 15.1 Å². The Labute approximate surface area is 87.8 Å². The molecule has 1 rings (SSSR count). The van der Waals surface area contributed by atoms with E-state index < -0.39 is 11.5 Å². The highest BCUT2D eigenvalue weighted by Crippen LogP contribution is 2.11. The van der Waals surface area contributed by atoms with Crippen molar-refractivity contribution in [3.63, 3.8) is 0 Å². The highest BCUT2D eigenvalue weighted by molar-refractivity contribution is 5.78. The van der Waals surface area contributed by atoms with Gasteiger partial charge in [-0.3, -0.25) is 9.48 Å². The normalized spacial score (nSPS) is 14.6. The molecule has 0 bridgehead atoms. The molecule has 0 spiro atoms. The first-order valence-electron chi connectivity index (χ1n) is 4.50. The van der Waals surface area contributed by atoms with Gasteiger partial charge in [0.05, 0.1) is 26.0 Å². The molecule has 6 heteroatoms. The number of hydrogen-bond donors (Lipinski definition) is 2. The second-order valence-corrected chi connectivity index (χ2v) is 3.47. The van der Waals surface area contributed by atoms with Gasteiger partial charge in [-0.25, -0.2) is 0 Å². The lowest BCUT2D eigenvalue weighted by molar-refractivity contribution is -0.144. The van der Waals surface area contributed by atoms with Gasteiger partial charge < -0.3 is 15.2 Å². The van der Waals surface area contributed by atoms with Crippen LogP contribution < -0.4 is 10.1 Å². The molecular weight excluding hydrogens is 198 g/mol. The van der Waals surface area contributed by atoms with Crippen LogP contribution in [0.2, 0.25) is 0 Å². The molecule has 0 amide bonds. The summed E-state index contributed by atoms with van der Waals surface area (Å²) in [6, 6.07) is 0. The Kier molecular flexibility index (Phi) is 3.31. The van der Waals surface area contributed by atoms with E-state index in [4.69, 9.17) is 9.84 Å². The molecule has 15 heavy (non-hydrogen) atoms. The predicted octanol–water partition coefficient (Wildman–Crippen LogP) is -0.0456. The van der Waals surface area contributed by atoms with Crippen molar-refractivity contribution < 1.29 is 14.6 Å². The molecule has 0 fully saturated rings. The third-order valence-corrected chi connectivity index (χ3v) is 2.35. The number of carbonyl (C=O) groups is 1. The van der Waals surface area contributed by atoms with Gasteiger partial charge in [-0.15, -0.1) is 0 Å². The highest BCUT2D eigenvalue weighted by atomic mass is 16.5. The van der Waals surface area contributed by atoms with Crippen LogP contribution in [0.5, 0.6) is 5.75 Å². The van der Waals surface area contributed by atoms with Gasteiger partial charge in [0.2, 0.25) is 0 Å². The van der Waals surface area contributed by atoms with Gasteiger partial charge in [-0.1, -0.05) is 0 Å². The lowest BCUT2D eigenvalue weighted by Crippen LogP contribution is -2.50. The van der Waals surface area contributed by atoms with Crippen LogP contribution in [-0.4, -0.2) is 40.6 Å². The van der Waals surface area contributed by atoms with E-state index in [0.29, 0.717) is 5.75 Å². The zero-order valence-corrected chi connectivity index (χ0v) is 9.02. The number of likely N-dealkylation sites (N-methyl/N-ethyl adjacent to an activating group) is 1. The number of rotatable bonds is 5. The van der Waals surface area contributed by atoms with Gasteiger partial charge in [0.25, 0.3) is 0 Å². The van der Waals surface area contributed by atoms with E-state index in [2.05, 4.69) is 10.4 Å². The molecule has 84 valence electrons. The average Bonchev–Trinajstić information content (AvgIpc) is 2.65. The molecule has 1 unspecified atom stereocenters. The molecular formula is C9H15N3O3. The predicted molar refractivity (Wildman–Crippen MR) is 53.9 cm³/mol. The molecule has 1 aromatic rings. The van der Waals surface area contributed by atoms with Gasteiger partial charge in [0.1, 0.15) is 5.54 Å². The minimum atomic E-state index is -1.03. The Morgan fingerprint density at radius 2 is 2.47 bits per heavy atom. The van der Waals surface area contributed by atoms with Crippen LogP contribution in [0.25, 0.3) is 0 Å². The minimum Gasteiger partial charge on any atom is -0.493 e. The van der Waals surface area contributed by atoms with E-state index in [1.165, 1.54) is 18.0 Å². The maximum absolute atomic E-state index is 11.0. The molecule has 2 N–H and O–H groups in total. The maximum atomic E-state index is 11.0. The van der Waals surface area contributed by atoms with Gasteiger partial charge in [-0.2, -0.15) is 5.10 Å². The van der Waals surface area contributed by atoms with E-state index in [1.54, 1.807) is 20.2 Å². The highest BCUT2D eigenvalue weighted by Gasteiger charge is 2.31. The summed E-state index contributed by atoms with van der Waals surface area (Å²) in [4.78, 5) is 11.0. The van der Waals surface area contributed by atoms with Crippen molar-refractivity contribution in [1.29, 1.82) is 0 Å². The molecule has 6 nitrogen and oxygen atoms in total. The molecule has 0 aliphatic heterocycles. The summed E-state index contributed by atoms with van der Waals surface area (Å²) < 4.78 is 6.48. The molecule has 0 saturated carbocycles. The average molecular weight is 213 g/mol. The number of nitrogens with zero attached hydrogens (tertiary/aromatic N) is 2. The quantitative estimate of drug-likeness (QED) is 0.717. The molecule has 0 radical (unpaired) electrons. The van der Waals surface area contributed by atoms with Crippen LogP contribution in [0.4, 0.5) is 0 Å². The Morgan fingerprint density at radius 3 is 2.87 bits per heavy atom. The van der Waals surface area contributed by atoms with Gasteiger partial charge in [0, 0.05) is 0 Å². The molecule has 0 saturated heterocycles. The Bertz CT molecular complexity index is 350. The van der Waals surface area contributed by atoms with E-state index in [1.807, 2.05) is 0 Å². The summed E-state index contributed by atoms with van der Waals surface area (Å²) in [5, 5.41) is 15.8. The first-order chi connectivity index (χ1) is 7.01. The summed E-state index contributed by atoms with van der Waals surface area (Å²) in [7, 11) is 3.14. The second-order valence-electron chi connectivity index (χ2n) is 3.47. The van der Waals surface area contributed by atoms with Gasteiger partial charge in [0.15, 0.2) is 5.75 Å². The number of ether oxygens (including phenoxy) is 1. The van der Waals surface area contributed by atoms with Crippen LogP contribution >= 0.6 is 0 Å². The van der Waals surface area contributed by atoms with Crippen LogP contribution in [0.1, 0.15) is 6.92 Å². The second kappa shape index (κ2) is 4.31. The largest absolute Gasteiger partial charge is 0.493 e. The van der Waals surface area contributed by atoms with E-state index >= 15 is 0 Å². The monoisotopic (exact) mass is 213 g/mol. The molecule has 1 atom stereocenters. The van der Waals surface area contributed by atoms with Crippen LogP contribution in [-0.2, 0) is 11.3 Å². The van der Waals surface area contributed by atoms with E-state index in [0.717, 1.165) is 0 Å². The van der Waals surface area contributed by atoms with Crippen molar-refractivity contribution >= 4 is 5.97 Å². The van der Waals surface area contributed by atoms with E-state index in [9.17, 15) is 4.79 Å². The van der Waals surface area contributed by atoms with Crippen molar-refractivity contribution in [2.75, 3.05) is 14.2 Å². The van der Waals surface area contributed by atoms with Crippen molar-refractivity contribution in [2.45, 2.75) is 19.0 Å². The zero-order chi connectivity index (χ0) is 11.5. The summed E-state index contributed by atoms with van der Waals surface area (Å²) in [6.07, 6.45) is 3.19. The lowest BCUT2D eigenvalue weighted by atomic mass is 10.0. The third kappa shape index (κ3) is 2.47. The summed E-state index contributed by atoms with van der Waals surface area (Å²) >= 11 is 0. The van der Waals surface area contributed by atoms with Gasteiger partial charge >= 0.3 is 5.97 Å². The number of aromatic nitrogens is 2. The number of methoxy groups -OCH3 is 1. The fraction of sp³-hybridized carbons (Fsp3) is 0.556. The molecule has 0 aliphatic carbocycles. The first-order valence-corrected chi connectivity index (χ1v) is 4.50. The Balaban J connectivity index is 2.79. The topological polar surface area (TPSA) is 76.4 Å². The standard InChI is InChI=1S/C9H15N3O3/c1-9(10-2,8(13)14)6-12-5-7(15-3)4-11-12/h4-5,10H,6H2,1-3H3,(H,13,14). The molecule has 0 aliphatic rings. The lowest BCUT2D eigenvalue weighted by Gasteiger charge is -2.23. The summed E-state index contributed by atoms with van der Waals surface area (Å²) in [6.45, 7) is 1.84. The van der Waals surface area contributed by atoms with Crippen LogP contribution in [0.15, 0.2) is 12.4 Å². The Morgan fingerprint density at radius 1 is 1.80 bits per heavy atom. The molecule has 1 aromatic heterocycles. The van der Waals surface area contributed by atoms with Crippen molar-refractivity contribution in [3.05, 3.63) is 12.4 Å². The third-order valence-electron chi connectivity index (χ3n) is 2.35. The van der Waals surface area contributed by atoms with Crippen LogP contribution in [0.3, 0.4) is 0 Å². The maximum Gasteiger partial charge on any atom is 0.325 e. The summed E-state index contributed by atoms with van der Waals surface area (Å²) in [5.41, 5.74) is -1.03. The number of nitrogens with one attached hydrogen (secondary N) is 1. The fourth-order valence-corrected chi connectivity index (χ4v) is 1.11. The van der Waals surface area contributed by atoms with E-state index in [-0.39, 0.29) is 6.54 Å². The Hall–Kier alpha value is -1.56. The number of carboxylic acid groups (broad SMARTS) is 1. The molecule has 1 heterocycles. The van der Waals surface area contributed by atoms with Crippen molar-refractivity contribution in [2.24, 2.45) is 0 Å². The zero-order valence-electron chi connectivity index (χ0n) is 9.02. The fourth-order valence-electron chi connectivity index (χ4n) is 1.11. The SMILES string of the molecule is CNC(C)(Cn1cc(OC)cn1)C(=O)O. The first kappa shape index (κ1) is 11.5. The summed E-state index contributed by atoms with van der Waals surface area (Å²) in [5.74, 6) is -0.307.